The Hall–Kier alpha value is -2.33. The zero-order chi connectivity index (χ0) is 17.9. The van der Waals surface area contributed by atoms with Gasteiger partial charge in [-0.1, -0.05) is 12.1 Å². The average Bonchev–Trinajstić information content (AvgIpc) is 2.49. The van der Waals surface area contributed by atoms with Gasteiger partial charge in [-0.3, -0.25) is 9.59 Å². The van der Waals surface area contributed by atoms with Crippen molar-refractivity contribution in [3.63, 3.8) is 0 Å². The number of aromatic nitrogens is 2. The van der Waals surface area contributed by atoms with E-state index in [-0.39, 0.29) is 28.6 Å². The van der Waals surface area contributed by atoms with E-state index in [1.165, 1.54) is 30.5 Å². The molecule has 0 aliphatic carbocycles. The Morgan fingerprint density at radius 3 is 2.46 bits per heavy atom. The first-order valence-electron chi connectivity index (χ1n) is 6.62. The van der Waals surface area contributed by atoms with Gasteiger partial charge in [0.25, 0.3) is 10.0 Å². The van der Waals surface area contributed by atoms with Crippen LogP contribution in [-0.2, 0) is 21.2 Å². The number of Topliss-reactive ketones (excluding diaryl/α,β-unsaturated/α-hetero) is 1. The Balaban J connectivity index is 2.19. The van der Waals surface area contributed by atoms with E-state index < -0.39 is 15.9 Å². The first-order valence-corrected chi connectivity index (χ1v) is 8.90. The maximum absolute atomic E-state index is 12.2. The minimum atomic E-state index is -3.90. The molecule has 0 aliphatic rings. The molecule has 10 heteroatoms. The molecule has 0 unspecified atom stereocenters. The molecule has 0 radical (unpaired) electrons. The molecule has 0 bridgehead atoms. The number of rotatable bonds is 5. The Morgan fingerprint density at radius 2 is 1.88 bits per heavy atom. The highest BCUT2D eigenvalue weighted by Crippen LogP contribution is 2.15. The molecular weight excluding hydrogens is 400 g/mol. The van der Waals surface area contributed by atoms with Crippen molar-refractivity contribution in [2.45, 2.75) is 18.2 Å². The topological polar surface area (TPSA) is 132 Å². The molecule has 0 aliphatic heterocycles. The van der Waals surface area contributed by atoms with Crippen LogP contribution in [0.1, 0.15) is 23.0 Å². The van der Waals surface area contributed by atoms with Gasteiger partial charge in [-0.25, -0.2) is 23.1 Å². The summed E-state index contributed by atoms with van der Waals surface area (Å²) in [4.78, 5) is 30.9. The van der Waals surface area contributed by atoms with Gasteiger partial charge >= 0.3 is 0 Å². The van der Waals surface area contributed by atoms with Gasteiger partial charge in [0.05, 0.1) is 11.1 Å². The molecule has 0 fully saturated rings. The molecule has 3 N–H and O–H groups in total. The van der Waals surface area contributed by atoms with Gasteiger partial charge in [0.1, 0.15) is 10.3 Å². The fourth-order valence-electron chi connectivity index (χ4n) is 1.89. The normalized spacial score (nSPS) is 11.1. The number of hydrogen-bond donors (Lipinski definition) is 2. The number of anilines is 1. The van der Waals surface area contributed by atoms with Gasteiger partial charge in [-0.15, -0.1) is 0 Å². The molecule has 0 atom stereocenters. The third-order valence-corrected chi connectivity index (χ3v) is 4.74. The molecule has 1 aromatic carbocycles. The molecule has 2 aromatic rings. The van der Waals surface area contributed by atoms with Crippen LogP contribution in [0.25, 0.3) is 0 Å². The van der Waals surface area contributed by atoms with Gasteiger partial charge in [0, 0.05) is 13.3 Å². The van der Waals surface area contributed by atoms with Crippen LogP contribution in [0, 0.1) is 0 Å². The van der Waals surface area contributed by atoms with Crippen LogP contribution in [0.15, 0.2) is 40.0 Å². The fourth-order valence-corrected chi connectivity index (χ4v) is 3.16. The molecule has 0 saturated carbocycles. The second-order valence-electron chi connectivity index (χ2n) is 4.83. The van der Waals surface area contributed by atoms with Crippen LogP contribution in [0.3, 0.4) is 0 Å². The van der Waals surface area contributed by atoms with Crippen LogP contribution in [-0.4, -0.2) is 30.1 Å². The predicted molar refractivity (Wildman–Crippen MR) is 89.6 cm³/mol. The van der Waals surface area contributed by atoms with Gasteiger partial charge in [0.15, 0.2) is 11.6 Å². The summed E-state index contributed by atoms with van der Waals surface area (Å²) in [7, 11) is -3.90. The summed E-state index contributed by atoms with van der Waals surface area (Å²) in [6, 6.07) is 5.58. The van der Waals surface area contributed by atoms with Crippen LogP contribution in [0.5, 0.6) is 0 Å². The van der Waals surface area contributed by atoms with Crippen molar-refractivity contribution in [2.24, 2.45) is 0 Å². The van der Waals surface area contributed by atoms with E-state index in [1.54, 1.807) is 0 Å². The van der Waals surface area contributed by atoms with Crippen LogP contribution < -0.4 is 10.5 Å². The molecule has 24 heavy (non-hydrogen) atoms. The third kappa shape index (κ3) is 4.36. The lowest BCUT2D eigenvalue weighted by molar-refractivity contribution is -0.117. The SMILES string of the molecule is CC(=O)NS(=O)(=O)c1ccc(CC(=O)c2nc(Br)cnc2N)cc1. The molecule has 8 nitrogen and oxygen atoms in total. The maximum Gasteiger partial charge on any atom is 0.264 e. The lowest BCUT2D eigenvalue weighted by Gasteiger charge is -2.07. The minimum Gasteiger partial charge on any atom is -0.382 e. The second kappa shape index (κ2) is 7.05. The molecule has 1 heterocycles. The zero-order valence-corrected chi connectivity index (χ0v) is 14.9. The lowest BCUT2D eigenvalue weighted by atomic mass is 10.1. The van der Waals surface area contributed by atoms with Crippen molar-refractivity contribution in [3.8, 4) is 0 Å². The quantitative estimate of drug-likeness (QED) is 0.701. The summed E-state index contributed by atoms with van der Waals surface area (Å²) in [6.07, 6.45) is 1.36. The van der Waals surface area contributed by atoms with Crippen molar-refractivity contribution in [1.82, 2.24) is 14.7 Å². The highest BCUT2D eigenvalue weighted by molar-refractivity contribution is 9.10. The maximum atomic E-state index is 12.2. The summed E-state index contributed by atoms with van der Waals surface area (Å²) in [5, 5.41) is 0. The number of nitrogens with zero attached hydrogens (tertiary/aromatic N) is 2. The average molecular weight is 413 g/mol. The number of hydrogen-bond acceptors (Lipinski definition) is 7. The number of nitrogens with one attached hydrogen (secondary N) is 1. The van der Waals surface area contributed by atoms with Gasteiger partial charge in [-0.05, 0) is 33.6 Å². The van der Waals surface area contributed by atoms with E-state index in [1.807, 2.05) is 4.72 Å². The Labute approximate surface area is 146 Å². The number of ketones is 1. The summed E-state index contributed by atoms with van der Waals surface area (Å²) in [5.74, 6) is -1.01. The monoisotopic (exact) mass is 412 g/mol. The van der Waals surface area contributed by atoms with Crippen molar-refractivity contribution < 1.29 is 18.0 Å². The Morgan fingerprint density at radius 1 is 1.25 bits per heavy atom. The number of amides is 1. The fraction of sp³-hybridized carbons (Fsp3) is 0.143. The van der Waals surface area contributed by atoms with Crippen LogP contribution >= 0.6 is 15.9 Å². The van der Waals surface area contributed by atoms with Crippen LogP contribution in [0.2, 0.25) is 0 Å². The standard InChI is InChI=1S/C14H13BrN4O4S/c1-8(20)19-24(22,23)10-4-2-9(3-5-10)6-11(21)13-14(16)17-7-12(15)18-13/h2-5,7H,6H2,1H3,(H2,16,17)(H,19,20). The third-order valence-electron chi connectivity index (χ3n) is 2.91. The Kier molecular flexibility index (Phi) is 5.30. The van der Waals surface area contributed by atoms with Gasteiger partial charge < -0.3 is 5.73 Å². The number of sulfonamides is 1. The number of halogens is 1. The van der Waals surface area contributed by atoms with E-state index in [0.717, 1.165) is 6.92 Å². The number of nitrogens with two attached hydrogens (primary N) is 1. The van der Waals surface area contributed by atoms with Crippen molar-refractivity contribution in [1.29, 1.82) is 0 Å². The van der Waals surface area contributed by atoms with E-state index in [2.05, 4.69) is 25.9 Å². The molecule has 1 amide bonds. The molecule has 1 aromatic heterocycles. The summed E-state index contributed by atoms with van der Waals surface area (Å²) in [6.45, 7) is 1.11. The van der Waals surface area contributed by atoms with E-state index >= 15 is 0 Å². The number of nitrogen functional groups attached to an aromatic ring is 1. The first kappa shape index (κ1) is 18.0. The number of benzene rings is 1. The van der Waals surface area contributed by atoms with Crippen molar-refractivity contribution in [2.75, 3.05) is 5.73 Å². The molecule has 0 saturated heterocycles. The highest BCUT2D eigenvalue weighted by atomic mass is 79.9. The second-order valence-corrected chi connectivity index (χ2v) is 7.33. The van der Waals surface area contributed by atoms with Gasteiger partial charge in [0.2, 0.25) is 5.91 Å². The first-order chi connectivity index (χ1) is 11.2. The van der Waals surface area contributed by atoms with E-state index in [0.29, 0.717) is 10.2 Å². The van der Waals surface area contributed by atoms with Gasteiger partial charge in [-0.2, -0.15) is 0 Å². The van der Waals surface area contributed by atoms with E-state index in [9.17, 15) is 18.0 Å². The molecule has 2 rings (SSSR count). The highest BCUT2D eigenvalue weighted by Gasteiger charge is 2.17. The Bertz CT molecular complexity index is 897. The van der Waals surface area contributed by atoms with Crippen LogP contribution in [0.4, 0.5) is 5.82 Å². The minimum absolute atomic E-state index is 0.0181. The molecular formula is C14H13BrN4O4S. The predicted octanol–water partition coefficient (Wildman–Crippen LogP) is 1.07. The van der Waals surface area contributed by atoms with Crippen molar-refractivity contribution in [3.05, 3.63) is 46.3 Å². The largest absolute Gasteiger partial charge is 0.382 e. The number of carbonyl (C=O) groups is 2. The van der Waals surface area contributed by atoms with Crippen molar-refractivity contribution >= 4 is 43.5 Å². The number of carbonyl (C=O) groups excluding carboxylic acids is 2. The molecule has 126 valence electrons. The zero-order valence-electron chi connectivity index (χ0n) is 12.5. The lowest BCUT2D eigenvalue weighted by Crippen LogP contribution is -2.28. The summed E-state index contributed by atoms with van der Waals surface area (Å²) < 4.78 is 25.9. The smallest absolute Gasteiger partial charge is 0.264 e. The summed E-state index contributed by atoms with van der Waals surface area (Å²) in [5.41, 5.74) is 6.25. The molecule has 0 spiro atoms. The summed E-state index contributed by atoms with van der Waals surface area (Å²) >= 11 is 3.12. The van der Waals surface area contributed by atoms with E-state index in [4.69, 9.17) is 5.73 Å².